The monoisotopic (exact) mass is 449 g/mol. The summed E-state index contributed by atoms with van der Waals surface area (Å²) in [7, 11) is 0. The molecule has 8 heteroatoms. The van der Waals surface area contributed by atoms with E-state index in [1.165, 1.54) is 5.56 Å². The maximum atomic E-state index is 12.5. The van der Waals surface area contributed by atoms with E-state index in [9.17, 15) is 4.79 Å². The van der Waals surface area contributed by atoms with Crippen molar-refractivity contribution in [2.45, 2.75) is 6.54 Å². The molecular weight excluding hydrogens is 426 g/mol. The van der Waals surface area contributed by atoms with Crippen molar-refractivity contribution < 1.29 is 9.53 Å². The molecule has 0 spiro atoms. The number of fused-ring (bicyclic) bond motifs is 1. The number of aromatic nitrogens is 2. The second kappa shape index (κ2) is 9.14. The van der Waals surface area contributed by atoms with Crippen molar-refractivity contribution in [3.63, 3.8) is 0 Å². The fourth-order valence-electron chi connectivity index (χ4n) is 4.55. The summed E-state index contributed by atoms with van der Waals surface area (Å²) in [5.74, 6) is 3.06. The molecule has 3 aromatic rings. The molecule has 164 valence electrons. The number of carbonyl (C=O) groups is 1. The summed E-state index contributed by atoms with van der Waals surface area (Å²) in [5.41, 5.74) is 1.22. The van der Waals surface area contributed by atoms with Crippen molar-refractivity contribution in [3.05, 3.63) is 77.4 Å². The van der Waals surface area contributed by atoms with Gasteiger partial charge in [-0.3, -0.25) is 10.2 Å². The van der Waals surface area contributed by atoms with Crippen LogP contribution in [-0.2, 0) is 6.54 Å². The molecule has 2 aliphatic rings. The van der Waals surface area contributed by atoms with Gasteiger partial charge in [0.1, 0.15) is 11.5 Å². The molecular formula is C24H24ClN5O2. The summed E-state index contributed by atoms with van der Waals surface area (Å²) in [6, 6.07) is 19.0. The highest BCUT2D eigenvalue weighted by molar-refractivity contribution is 6.30. The zero-order valence-electron chi connectivity index (χ0n) is 17.5. The Morgan fingerprint density at radius 3 is 2.50 bits per heavy atom. The summed E-state index contributed by atoms with van der Waals surface area (Å²) in [6.07, 6.45) is 1.59. The van der Waals surface area contributed by atoms with Crippen LogP contribution in [0.25, 0.3) is 0 Å². The number of ether oxygens (including phenoxy) is 1. The third-order valence-electron chi connectivity index (χ3n) is 6.01. The molecule has 2 fully saturated rings. The first-order valence-corrected chi connectivity index (χ1v) is 11.1. The predicted molar refractivity (Wildman–Crippen MR) is 123 cm³/mol. The number of benzene rings is 2. The fraction of sp³-hybridized carbons (Fsp3) is 0.292. The number of likely N-dealkylation sites (tertiary alicyclic amines) is 2. The molecule has 0 bridgehead atoms. The van der Waals surface area contributed by atoms with Gasteiger partial charge in [0.05, 0.1) is 0 Å². The second-order valence-corrected chi connectivity index (χ2v) is 8.80. The van der Waals surface area contributed by atoms with Crippen molar-refractivity contribution in [2.75, 3.05) is 31.5 Å². The number of hydrogen-bond donors (Lipinski definition) is 1. The van der Waals surface area contributed by atoms with Crippen LogP contribution in [0, 0.1) is 11.8 Å². The summed E-state index contributed by atoms with van der Waals surface area (Å²) in [6.45, 7) is 4.39. The topological polar surface area (TPSA) is 70.6 Å². The van der Waals surface area contributed by atoms with Crippen LogP contribution in [0.3, 0.4) is 0 Å². The van der Waals surface area contributed by atoms with Gasteiger partial charge in [0.15, 0.2) is 5.82 Å². The number of nitrogens with zero attached hydrogens (tertiary/aromatic N) is 4. The zero-order chi connectivity index (χ0) is 21.9. The average molecular weight is 450 g/mol. The number of hydrogen-bond acceptors (Lipinski definition) is 5. The van der Waals surface area contributed by atoms with Gasteiger partial charge in [-0.2, -0.15) is 5.10 Å². The standard InChI is InChI=1S/C24H24ClN5O2/c25-20-6-8-21(9-7-20)32-22-4-1-3-17(11-22)12-29-13-18-15-30(16-19(18)14-29)24(31)27-23-5-2-10-26-28-23/h1-11,18-19H,12-16H2,(H,27,28,31)/t18-,19+. The van der Waals surface area contributed by atoms with Gasteiger partial charge < -0.3 is 9.64 Å². The number of amides is 2. The van der Waals surface area contributed by atoms with Crippen LogP contribution in [0.4, 0.5) is 10.6 Å². The molecule has 2 saturated heterocycles. The van der Waals surface area contributed by atoms with Gasteiger partial charge in [-0.1, -0.05) is 23.7 Å². The first-order valence-electron chi connectivity index (χ1n) is 10.7. The fourth-order valence-corrected chi connectivity index (χ4v) is 4.67. The first-order chi connectivity index (χ1) is 15.6. The van der Waals surface area contributed by atoms with E-state index < -0.39 is 0 Å². The second-order valence-electron chi connectivity index (χ2n) is 8.36. The largest absolute Gasteiger partial charge is 0.457 e. The van der Waals surface area contributed by atoms with Crippen LogP contribution >= 0.6 is 11.6 Å². The maximum absolute atomic E-state index is 12.5. The Labute approximate surface area is 192 Å². The molecule has 0 radical (unpaired) electrons. The van der Waals surface area contributed by atoms with Crippen LogP contribution in [0.1, 0.15) is 5.56 Å². The maximum Gasteiger partial charge on any atom is 0.323 e. The molecule has 0 unspecified atom stereocenters. The molecule has 0 aliphatic carbocycles. The third-order valence-corrected chi connectivity index (χ3v) is 6.26. The number of rotatable bonds is 5. The van der Waals surface area contributed by atoms with Crippen LogP contribution in [0.15, 0.2) is 66.9 Å². The Balaban J connectivity index is 1.14. The summed E-state index contributed by atoms with van der Waals surface area (Å²) < 4.78 is 5.96. The number of halogens is 1. The zero-order valence-corrected chi connectivity index (χ0v) is 18.3. The molecule has 32 heavy (non-hydrogen) atoms. The summed E-state index contributed by atoms with van der Waals surface area (Å²) >= 11 is 5.95. The van der Waals surface area contributed by atoms with Crippen molar-refractivity contribution in [1.29, 1.82) is 0 Å². The van der Waals surface area contributed by atoms with Gasteiger partial charge in [0, 0.05) is 43.9 Å². The minimum absolute atomic E-state index is 0.0986. The molecule has 1 N–H and O–H groups in total. The number of nitrogens with one attached hydrogen (secondary N) is 1. The van der Waals surface area contributed by atoms with Gasteiger partial charge in [0.25, 0.3) is 0 Å². The van der Waals surface area contributed by atoms with Gasteiger partial charge in [-0.15, -0.1) is 5.10 Å². The molecule has 5 rings (SSSR count). The molecule has 2 aliphatic heterocycles. The predicted octanol–water partition coefficient (Wildman–Crippen LogP) is 4.52. The van der Waals surface area contributed by atoms with Gasteiger partial charge in [0.2, 0.25) is 0 Å². The Bertz CT molecular complexity index is 1070. The van der Waals surface area contributed by atoms with Crippen LogP contribution < -0.4 is 10.1 Å². The van der Waals surface area contributed by atoms with Gasteiger partial charge >= 0.3 is 6.03 Å². The quantitative estimate of drug-likeness (QED) is 0.620. The van der Waals surface area contributed by atoms with Crippen molar-refractivity contribution >= 4 is 23.4 Å². The van der Waals surface area contributed by atoms with E-state index in [4.69, 9.17) is 16.3 Å². The third kappa shape index (κ3) is 4.84. The molecule has 2 aromatic carbocycles. The van der Waals surface area contributed by atoms with E-state index in [-0.39, 0.29) is 6.03 Å². The van der Waals surface area contributed by atoms with E-state index in [1.54, 1.807) is 18.3 Å². The highest BCUT2D eigenvalue weighted by Gasteiger charge is 2.41. The molecule has 7 nitrogen and oxygen atoms in total. The van der Waals surface area contributed by atoms with E-state index in [0.717, 1.165) is 44.2 Å². The lowest BCUT2D eigenvalue weighted by molar-refractivity contribution is 0.211. The van der Waals surface area contributed by atoms with Gasteiger partial charge in [-0.05, 0) is 65.9 Å². The van der Waals surface area contributed by atoms with Crippen LogP contribution in [0.2, 0.25) is 5.02 Å². The Morgan fingerprint density at radius 2 is 1.78 bits per heavy atom. The Hall–Kier alpha value is -3.16. The minimum atomic E-state index is -0.0986. The SMILES string of the molecule is O=C(Nc1cccnn1)N1C[C@H]2CN(Cc3cccc(Oc4ccc(Cl)cc4)c3)C[C@H]2C1. The lowest BCUT2D eigenvalue weighted by Crippen LogP contribution is -2.36. The number of carbonyl (C=O) groups excluding carboxylic acids is 1. The highest BCUT2D eigenvalue weighted by Crippen LogP contribution is 2.33. The molecule has 2 atom stereocenters. The Kier molecular flexibility index (Phi) is 5.92. The average Bonchev–Trinajstić information content (AvgIpc) is 3.35. The summed E-state index contributed by atoms with van der Waals surface area (Å²) in [5, 5.41) is 11.2. The Morgan fingerprint density at radius 1 is 1.00 bits per heavy atom. The van der Waals surface area contributed by atoms with E-state index in [2.05, 4.69) is 32.5 Å². The van der Waals surface area contributed by atoms with Crippen molar-refractivity contribution in [2.24, 2.45) is 11.8 Å². The molecule has 1 aromatic heterocycles. The van der Waals surface area contributed by atoms with E-state index in [1.807, 2.05) is 41.3 Å². The smallest absolute Gasteiger partial charge is 0.323 e. The van der Waals surface area contributed by atoms with Crippen molar-refractivity contribution in [1.82, 2.24) is 20.0 Å². The normalized spacial score (nSPS) is 20.2. The first kappa shape index (κ1) is 20.7. The van der Waals surface area contributed by atoms with Crippen LogP contribution in [-0.4, -0.2) is 52.2 Å². The van der Waals surface area contributed by atoms with E-state index >= 15 is 0 Å². The number of anilines is 1. The van der Waals surface area contributed by atoms with Crippen molar-refractivity contribution in [3.8, 4) is 11.5 Å². The molecule has 0 saturated carbocycles. The molecule has 2 amide bonds. The highest BCUT2D eigenvalue weighted by atomic mass is 35.5. The molecule has 3 heterocycles. The van der Waals surface area contributed by atoms with E-state index in [0.29, 0.717) is 22.7 Å². The number of urea groups is 1. The van der Waals surface area contributed by atoms with Gasteiger partial charge in [-0.25, -0.2) is 4.79 Å². The lowest BCUT2D eigenvalue weighted by atomic mass is 10.0. The lowest BCUT2D eigenvalue weighted by Gasteiger charge is -2.22. The van der Waals surface area contributed by atoms with Crippen LogP contribution in [0.5, 0.6) is 11.5 Å². The summed E-state index contributed by atoms with van der Waals surface area (Å²) in [4.78, 5) is 16.9. The minimum Gasteiger partial charge on any atom is -0.457 e.